The van der Waals surface area contributed by atoms with Gasteiger partial charge in [0.15, 0.2) is 0 Å². The summed E-state index contributed by atoms with van der Waals surface area (Å²) in [4.78, 5) is 4.56. The van der Waals surface area contributed by atoms with Crippen LogP contribution in [0.25, 0.3) is 0 Å². The van der Waals surface area contributed by atoms with Crippen molar-refractivity contribution in [2.24, 2.45) is 0 Å². The highest BCUT2D eigenvalue weighted by molar-refractivity contribution is 4.89. The van der Waals surface area contributed by atoms with Gasteiger partial charge in [-0.25, -0.2) is 0 Å². The van der Waals surface area contributed by atoms with Gasteiger partial charge in [0.25, 0.3) is 0 Å². The van der Waals surface area contributed by atoms with E-state index in [2.05, 4.69) is 23.6 Å². The average Bonchev–Trinajstić information content (AvgIpc) is 2.01. The molecule has 1 aliphatic rings. The second kappa shape index (κ2) is 5.66. The molecule has 1 fully saturated rings. The second-order valence-electron chi connectivity index (χ2n) is 4.18. The van der Waals surface area contributed by atoms with E-state index in [1.807, 2.05) is 0 Å². The Balaban J connectivity index is 2.26. The number of rotatable bonds is 6. The van der Waals surface area contributed by atoms with E-state index in [1.54, 1.807) is 0 Å². The van der Waals surface area contributed by atoms with Crippen molar-refractivity contribution < 1.29 is 10.2 Å². The highest BCUT2D eigenvalue weighted by atomic mass is 16.3. The summed E-state index contributed by atoms with van der Waals surface area (Å²) in [5.41, 5.74) is 0. The van der Waals surface area contributed by atoms with Crippen LogP contribution in [0.5, 0.6) is 0 Å². The molecular weight excluding hydrogens is 180 g/mol. The van der Waals surface area contributed by atoms with E-state index >= 15 is 0 Å². The smallest absolute Gasteiger partial charge is 0.0558 e. The van der Waals surface area contributed by atoms with Crippen LogP contribution >= 0.6 is 0 Å². The molecule has 2 N–H and O–H groups in total. The number of aliphatic hydroxyl groups excluding tert-OH is 2. The Morgan fingerprint density at radius 2 is 1.71 bits per heavy atom. The largest absolute Gasteiger partial charge is 0.395 e. The summed E-state index contributed by atoms with van der Waals surface area (Å²) in [6, 6.07) is 1.13. The van der Waals surface area contributed by atoms with E-state index < -0.39 is 0 Å². The van der Waals surface area contributed by atoms with Gasteiger partial charge in [0.2, 0.25) is 0 Å². The van der Waals surface area contributed by atoms with Gasteiger partial charge in [-0.2, -0.15) is 0 Å². The topological polar surface area (TPSA) is 46.9 Å². The summed E-state index contributed by atoms with van der Waals surface area (Å²) in [5.74, 6) is 0. The fourth-order valence-electron chi connectivity index (χ4n) is 1.87. The molecule has 0 bridgehead atoms. The van der Waals surface area contributed by atoms with Gasteiger partial charge in [0, 0.05) is 38.3 Å². The Labute approximate surface area is 86.1 Å². The fourth-order valence-corrected chi connectivity index (χ4v) is 1.87. The molecule has 0 radical (unpaired) electrons. The van der Waals surface area contributed by atoms with E-state index in [-0.39, 0.29) is 13.2 Å². The zero-order valence-corrected chi connectivity index (χ0v) is 9.19. The molecule has 0 spiro atoms. The average molecular weight is 202 g/mol. The maximum Gasteiger partial charge on any atom is 0.0558 e. The monoisotopic (exact) mass is 202 g/mol. The van der Waals surface area contributed by atoms with E-state index in [9.17, 15) is 0 Å². The van der Waals surface area contributed by atoms with Crippen molar-refractivity contribution in [3.05, 3.63) is 0 Å². The van der Waals surface area contributed by atoms with Gasteiger partial charge in [-0.1, -0.05) is 0 Å². The first-order valence-corrected chi connectivity index (χ1v) is 5.38. The molecule has 0 atom stereocenters. The zero-order chi connectivity index (χ0) is 10.6. The molecule has 4 heteroatoms. The van der Waals surface area contributed by atoms with Crippen LogP contribution in [0.3, 0.4) is 0 Å². The molecule has 0 unspecified atom stereocenters. The van der Waals surface area contributed by atoms with Crippen molar-refractivity contribution in [3.63, 3.8) is 0 Å². The molecule has 1 rings (SSSR count). The third-order valence-corrected chi connectivity index (χ3v) is 2.91. The summed E-state index contributed by atoms with van der Waals surface area (Å²) < 4.78 is 0. The van der Waals surface area contributed by atoms with Gasteiger partial charge in [-0.15, -0.1) is 0 Å². The lowest BCUT2D eigenvalue weighted by Gasteiger charge is -2.47. The first-order chi connectivity index (χ1) is 6.69. The van der Waals surface area contributed by atoms with Gasteiger partial charge < -0.3 is 10.2 Å². The standard InChI is InChI=1S/C10H22N2O2/c1-9(2)12-7-10(8-12)11(3-5-13)4-6-14/h9-10,13-14H,3-8H2,1-2H3. The second-order valence-corrected chi connectivity index (χ2v) is 4.18. The predicted octanol–water partition coefficient (Wildman–Crippen LogP) is -0.634. The number of aliphatic hydroxyl groups is 2. The minimum absolute atomic E-state index is 0.179. The molecule has 1 aliphatic heterocycles. The molecule has 0 amide bonds. The minimum atomic E-state index is 0.179. The molecule has 0 aliphatic carbocycles. The van der Waals surface area contributed by atoms with Crippen molar-refractivity contribution in [2.45, 2.75) is 25.9 Å². The van der Waals surface area contributed by atoms with Crippen LogP contribution in [0.2, 0.25) is 0 Å². The number of hydrogen-bond acceptors (Lipinski definition) is 4. The van der Waals surface area contributed by atoms with Gasteiger partial charge in [-0.05, 0) is 13.8 Å². The molecule has 1 saturated heterocycles. The lowest BCUT2D eigenvalue weighted by atomic mass is 10.0. The zero-order valence-electron chi connectivity index (χ0n) is 9.19. The van der Waals surface area contributed by atoms with Gasteiger partial charge >= 0.3 is 0 Å². The van der Waals surface area contributed by atoms with Crippen molar-refractivity contribution in [1.29, 1.82) is 0 Å². The normalized spacial score (nSPS) is 19.3. The van der Waals surface area contributed by atoms with E-state index in [0.29, 0.717) is 25.2 Å². The molecule has 1 heterocycles. The van der Waals surface area contributed by atoms with Gasteiger partial charge in [-0.3, -0.25) is 9.80 Å². The van der Waals surface area contributed by atoms with E-state index in [1.165, 1.54) is 0 Å². The van der Waals surface area contributed by atoms with Crippen molar-refractivity contribution in [2.75, 3.05) is 39.4 Å². The molecular formula is C10H22N2O2. The highest BCUT2D eigenvalue weighted by Crippen LogP contribution is 2.16. The highest BCUT2D eigenvalue weighted by Gasteiger charge is 2.32. The van der Waals surface area contributed by atoms with E-state index in [4.69, 9.17) is 10.2 Å². The van der Waals surface area contributed by atoms with E-state index in [0.717, 1.165) is 13.1 Å². The molecule has 0 aromatic heterocycles. The van der Waals surface area contributed by atoms with Crippen LogP contribution < -0.4 is 0 Å². The molecule has 84 valence electrons. The molecule has 0 aromatic rings. The van der Waals surface area contributed by atoms with Gasteiger partial charge in [0.05, 0.1) is 13.2 Å². The maximum absolute atomic E-state index is 8.87. The SMILES string of the molecule is CC(C)N1CC(N(CCO)CCO)C1. The molecule has 0 aromatic carbocycles. The third kappa shape index (κ3) is 2.92. The summed E-state index contributed by atoms with van der Waals surface area (Å²) >= 11 is 0. The summed E-state index contributed by atoms with van der Waals surface area (Å²) in [7, 11) is 0. The van der Waals surface area contributed by atoms with Crippen molar-refractivity contribution >= 4 is 0 Å². The summed E-state index contributed by atoms with van der Waals surface area (Å²) in [5, 5.41) is 17.7. The molecule has 0 saturated carbocycles. The van der Waals surface area contributed by atoms with Crippen LogP contribution in [0, 0.1) is 0 Å². The third-order valence-electron chi connectivity index (χ3n) is 2.91. The Morgan fingerprint density at radius 3 is 2.07 bits per heavy atom. The molecule has 14 heavy (non-hydrogen) atoms. The Kier molecular flexibility index (Phi) is 4.81. The van der Waals surface area contributed by atoms with Gasteiger partial charge in [0.1, 0.15) is 0 Å². The maximum atomic E-state index is 8.87. The summed E-state index contributed by atoms with van der Waals surface area (Å²) in [6.07, 6.45) is 0. The van der Waals surface area contributed by atoms with Crippen LogP contribution in [0.4, 0.5) is 0 Å². The van der Waals surface area contributed by atoms with Crippen LogP contribution in [0.15, 0.2) is 0 Å². The number of hydrogen-bond donors (Lipinski definition) is 2. The fraction of sp³-hybridized carbons (Fsp3) is 1.00. The first kappa shape index (κ1) is 11.9. The van der Waals surface area contributed by atoms with Crippen LogP contribution in [-0.4, -0.2) is 71.5 Å². The van der Waals surface area contributed by atoms with Crippen LogP contribution in [-0.2, 0) is 0 Å². The lowest BCUT2D eigenvalue weighted by Crippen LogP contribution is -2.62. The Bertz CT molecular complexity index is 152. The quantitative estimate of drug-likeness (QED) is 0.602. The van der Waals surface area contributed by atoms with Crippen molar-refractivity contribution in [1.82, 2.24) is 9.80 Å². The number of likely N-dealkylation sites (tertiary alicyclic amines) is 1. The predicted molar refractivity (Wildman–Crippen MR) is 56.2 cm³/mol. The Morgan fingerprint density at radius 1 is 1.21 bits per heavy atom. The van der Waals surface area contributed by atoms with Crippen LogP contribution in [0.1, 0.15) is 13.8 Å². The number of nitrogens with zero attached hydrogens (tertiary/aromatic N) is 2. The molecule has 4 nitrogen and oxygen atoms in total. The minimum Gasteiger partial charge on any atom is -0.395 e. The van der Waals surface area contributed by atoms with Crippen molar-refractivity contribution in [3.8, 4) is 0 Å². The lowest BCUT2D eigenvalue weighted by molar-refractivity contribution is 0.0000394. The summed E-state index contributed by atoms with van der Waals surface area (Å²) in [6.45, 7) is 8.23. The Hall–Kier alpha value is -0.160. The first-order valence-electron chi connectivity index (χ1n) is 5.38.